The highest BCUT2D eigenvalue weighted by molar-refractivity contribution is 7.22. The molecule has 6 nitrogen and oxygen atoms in total. The van der Waals surface area contributed by atoms with Crippen LogP contribution in [0.2, 0.25) is 10.0 Å². The van der Waals surface area contributed by atoms with Gasteiger partial charge in [0, 0.05) is 0 Å². The van der Waals surface area contributed by atoms with Gasteiger partial charge in [0.15, 0.2) is 10.7 Å². The van der Waals surface area contributed by atoms with Crippen LogP contribution in [0.4, 0.5) is 10.8 Å². The third-order valence-corrected chi connectivity index (χ3v) is 6.17. The number of hydrogen-bond acceptors (Lipinski definition) is 5. The van der Waals surface area contributed by atoms with Crippen LogP contribution in [0.1, 0.15) is 18.9 Å². The molecule has 1 unspecified atom stereocenters. The van der Waals surface area contributed by atoms with Crippen molar-refractivity contribution in [1.82, 2.24) is 4.98 Å². The van der Waals surface area contributed by atoms with E-state index in [4.69, 9.17) is 27.9 Å². The van der Waals surface area contributed by atoms with Crippen molar-refractivity contribution < 1.29 is 19.4 Å². The second-order valence-corrected chi connectivity index (χ2v) is 8.57. The molecular weight excluding hydrogens is 423 g/mol. The molecular formula is C19H14Cl2N2O4S. The Morgan fingerprint density at radius 2 is 2.00 bits per heavy atom. The molecule has 1 N–H and O–H groups in total. The van der Waals surface area contributed by atoms with Gasteiger partial charge in [0.05, 0.1) is 32.4 Å². The second-order valence-electron chi connectivity index (χ2n) is 6.75. The van der Waals surface area contributed by atoms with Crippen molar-refractivity contribution >= 4 is 67.5 Å². The molecule has 0 fully saturated rings. The van der Waals surface area contributed by atoms with Crippen molar-refractivity contribution in [2.24, 2.45) is 0 Å². The number of halogens is 2. The maximum atomic E-state index is 13.3. The monoisotopic (exact) mass is 436 g/mol. The topological polar surface area (TPSA) is 79.7 Å². The first-order valence-corrected chi connectivity index (χ1v) is 9.87. The summed E-state index contributed by atoms with van der Waals surface area (Å²) in [5.74, 6) is -1.20. The van der Waals surface area contributed by atoms with E-state index in [-0.39, 0.29) is 0 Å². The minimum Gasteiger partial charge on any atom is -0.481 e. The smallest absolute Gasteiger partial charge is 0.307 e. The Morgan fingerprint density at radius 1 is 1.29 bits per heavy atom. The lowest BCUT2D eigenvalue weighted by molar-refractivity contribution is -0.148. The van der Waals surface area contributed by atoms with E-state index in [1.807, 2.05) is 13.0 Å². The summed E-state index contributed by atoms with van der Waals surface area (Å²) in [5, 5.41) is 10.4. The van der Waals surface area contributed by atoms with E-state index in [1.54, 1.807) is 24.3 Å². The Balaban J connectivity index is 1.91. The standard InChI is InChI=1S/C19H14Cl2N2O4S/c1-9-3-4-13-14(5-9)27-19(2,8-16(24)25)17(26)23(13)18-22-12-6-10(20)11(21)7-15(12)28-18/h3-7H,8H2,1-2H3,(H,24,25). The number of ether oxygens (including phenoxy) is 1. The number of thiazole rings is 1. The van der Waals surface area contributed by atoms with Gasteiger partial charge < -0.3 is 9.84 Å². The normalized spacial score (nSPS) is 18.9. The van der Waals surface area contributed by atoms with E-state index in [0.29, 0.717) is 32.1 Å². The van der Waals surface area contributed by atoms with Gasteiger partial charge in [0.25, 0.3) is 5.91 Å². The zero-order chi connectivity index (χ0) is 20.2. The third kappa shape index (κ3) is 3.09. The maximum Gasteiger partial charge on any atom is 0.307 e. The zero-order valence-electron chi connectivity index (χ0n) is 14.8. The molecule has 1 atom stereocenters. The molecule has 3 aromatic rings. The molecule has 1 aliphatic heterocycles. The number of anilines is 2. The van der Waals surface area contributed by atoms with Crippen molar-refractivity contribution in [3.8, 4) is 5.75 Å². The first-order valence-electron chi connectivity index (χ1n) is 8.29. The maximum absolute atomic E-state index is 13.3. The van der Waals surface area contributed by atoms with Gasteiger partial charge in [-0.3, -0.25) is 9.59 Å². The average Bonchev–Trinajstić information content (AvgIpc) is 2.98. The molecule has 1 aliphatic rings. The molecule has 0 aliphatic carbocycles. The molecule has 0 saturated carbocycles. The molecule has 28 heavy (non-hydrogen) atoms. The molecule has 0 spiro atoms. The van der Waals surface area contributed by atoms with Gasteiger partial charge in [0.2, 0.25) is 0 Å². The van der Waals surface area contributed by atoms with Gasteiger partial charge in [-0.15, -0.1) is 0 Å². The Labute approximate surface area is 174 Å². The quantitative estimate of drug-likeness (QED) is 0.609. The highest BCUT2D eigenvalue weighted by Gasteiger charge is 2.47. The molecule has 4 rings (SSSR count). The van der Waals surface area contributed by atoms with E-state index in [1.165, 1.54) is 23.2 Å². The van der Waals surface area contributed by atoms with Gasteiger partial charge in [0.1, 0.15) is 5.75 Å². The van der Waals surface area contributed by atoms with Crippen molar-refractivity contribution in [3.63, 3.8) is 0 Å². The lowest BCUT2D eigenvalue weighted by atomic mass is 9.97. The number of nitrogens with zero attached hydrogens (tertiary/aromatic N) is 2. The van der Waals surface area contributed by atoms with E-state index >= 15 is 0 Å². The van der Waals surface area contributed by atoms with Crippen molar-refractivity contribution in [2.75, 3.05) is 4.90 Å². The number of rotatable bonds is 3. The lowest BCUT2D eigenvalue weighted by Gasteiger charge is -2.38. The zero-order valence-corrected chi connectivity index (χ0v) is 17.2. The fourth-order valence-corrected chi connectivity index (χ4v) is 4.50. The lowest BCUT2D eigenvalue weighted by Crippen LogP contribution is -2.53. The van der Waals surface area contributed by atoms with Crippen molar-refractivity contribution in [2.45, 2.75) is 25.9 Å². The van der Waals surface area contributed by atoms with E-state index < -0.39 is 23.9 Å². The van der Waals surface area contributed by atoms with Crippen LogP contribution >= 0.6 is 34.5 Å². The number of amides is 1. The van der Waals surface area contributed by atoms with Crippen LogP contribution in [-0.4, -0.2) is 27.6 Å². The average molecular weight is 437 g/mol. The van der Waals surface area contributed by atoms with E-state index in [2.05, 4.69) is 4.98 Å². The third-order valence-electron chi connectivity index (χ3n) is 4.45. The Hall–Kier alpha value is -2.35. The minimum atomic E-state index is -1.56. The molecule has 144 valence electrons. The molecule has 9 heteroatoms. The summed E-state index contributed by atoms with van der Waals surface area (Å²) in [6, 6.07) is 8.71. The van der Waals surface area contributed by atoms with Crippen LogP contribution in [0, 0.1) is 6.92 Å². The highest BCUT2D eigenvalue weighted by atomic mass is 35.5. The Bertz CT molecular complexity index is 1110. The first kappa shape index (κ1) is 19.0. The van der Waals surface area contributed by atoms with Crippen LogP contribution in [0.25, 0.3) is 10.2 Å². The summed E-state index contributed by atoms with van der Waals surface area (Å²) in [7, 11) is 0. The highest BCUT2D eigenvalue weighted by Crippen LogP contribution is 2.46. The Morgan fingerprint density at radius 3 is 2.71 bits per heavy atom. The number of benzene rings is 2. The van der Waals surface area contributed by atoms with E-state index in [0.717, 1.165) is 10.3 Å². The molecule has 0 radical (unpaired) electrons. The second kappa shape index (κ2) is 6.62. The van der Waals surface area contributed by atoms with Crippen LogP contribution in [0.15, 0.2) is 30.3 Å². The van der Waals surface area contributed by atoms with Gasteiger partial charge in [-0.2, -0.15) is 0 Å². The number of aryl methyl sites for hydroxylation is 1. The van der Waals surface area contributed by atoms with Crippen molar-refractivity contribution in [3.05, 3.63) is 45.9 Å². The fourth-order valence-electron chi connectivity index (χ4n) is 3.12. The van der Waals surface area contributed by atoms with Crippen LogP contribution in [0.5, 0.6) is 5.75 Å². The Kier molecular flexibility index (Phi) is 4.49. The summed E-state index contributed by atoms with van der Waals surface area (Å²) in [4.78, 5) is 30.6. The number of aliphatic carboxylic acids is 1. The van der Waals surface area contributed by atoms with Crippen LogP contribution in [-0.2, 0) is 9.59 Å². The largest absolute Gasteiger partial charge is 0.481 e. The molecule has 1 aromatic heterocycles. The molecule has 0 saturated heterocycles. The molecule has 0 bridgehead atoms. The molecule has 2 aromatic carbocycles. The predicted molar refractivity (Wildman–Crippen MR) is 109 cm³/mol. The molecule has 2 heterocycles. The number of carbonyl (C=O) groups excluding carboxylic acids is 1. The summed E-state index contributed by atoms with van der Waals surface area (Å²) in [6.45, 7) is 3.36. The molecule has 1 amide bonds. The van der Waals surface area contributed by atoms with E-state index in [9.17, 15) is 14.7 Å². The SMILES string of the molecule is Cc1ccc2c(c1)OC(C)(CC(=O)O)C(=O)N2c1nc2cc(Cl)c(Cl)cc2s1. The van der Waals surface area contributed by atoms with Gasteiger partial charge in [-0.05, 0) is 43.7 Å². The number of carboxylic acids is 1. The van der Waals surface area contributed by atoms with Crippen molar-refractivity contribution in [1.29, 1.82) is 0 Å². The predicted octanol–water partition coefficient (Wildman–Crippen LogP) is 5.20. The van der Waals surface area contributed by atoms with Crippen LogP contribution < -0.4 is 9.64 Å². The minimum absolute atomic E-state index is 0.367. The number of carbonyl (C=O) groups is 2. The number of hydrogen-bond donors (Lipinski definition) is 1. The number of fused-ring (bicyclic) bond motifs is 2. The summed E-state index contributed by atoms with van der Waals surface area (Å²) in [6.07, 6.45) is -0.474. The van der Waals surface area contributed by atoms with Gasteiger partial charge >= 0.3 is 5.97 Å². The van der Waals surface area contributed by atoms with Gasteiger partial charge in [-0.25, -0.2) is 9.88 Å². The van der Waals surface area contributed by atoms with Gasteiger partial charge in [-0.1, -0.05) is 40.6 Å². The number of carboxylic acid groups (broad SMARTS) is 1. The summed E-state index contributed by atoms with van der Waals surface area (Å²) >= 11 is 13.4. The summed E-state index contributed by atoms with van der Waals surface area (Å²) in [5.41, 5.74) is 0.477. The van der Waals surface area contributed by atoms with Crippen LogP contribution in [0.3, 0.4) is 0 Å². The fraction of sp³-hybridized carbons (Fsp3) is 0.211. The first-order chi connectivity index (χ1) is 13.2. The summed E-state index contributed by atoms with van der Waals surface area (Å²) < 4.78 is 6.61. The number of aromatic nitrogens is 1.